The molecule has 6 heteroatoms. The number of benzene rings is 1. The molecular weight excluding hydrogens is 326 g/mol. The molecule has 0 radical (unpaired) electrons. The van der Waals surface area contributed by atoms with Crippen LogP contribution in [-0.2, 0) is 0 Å². The van der Waals surface area contributed by atoms with Crippen molar-refractivity contribution in [2.24, 2.45) is 11.7 Å². The van der Waals surface area contributed by atoms with Crippen molar-refractivity contribution in [3.63, 3.8) is 0 Å². The van der Waals surface area contributed by atoms with E-state index in [9.17, 15) is 5.26 Å². The van der Waals surface area contributed by atoms with E-state index in [1.165, 1.54) is 0 Å². The van der Waals surface area contributed by atoms with Crippen molar-refractivity contribution in [3.05, 3.63) is 48.2 Å². The maximum atomic E-state index is 9.57. The number of aromatic nitrogens is 3. The van der Waals surface area contributed by atoms with Crippen LogP contribution in [0.15, 0.2) is 36.7 Å². The topological polar surface area (TPSA) is 97.7 Å². The van der Waals surface area contributed by atoms with Gasteiger partial charge < -0.3 is 10.5 Å². The Morgan fingerprint density at radius 1 is 1.23 bits per heavy atom. The maximum Gasteiger partial charge on any atom is 0.152 e. The van der Waals surface area contributed by atoms with Crippen molar-refractivity contribution in [1.82, 2.24) is 15.0 Å². The summed E-state index contributed by atoms with van der Waals surface area (Å²) in [4.78, 5) is 13.1. The third-order valence-corrected chi connectivity index (χ3v) is 4.19. The van der Waals surface area contributed by atoms with Crippen LogP contribution in [-0.4, -0.2) is 22.1 Å². The van der Waals surface area contributed by atoms with E-state index >= 15 is 0 Å². The molecule has 0 aliphatic heterocycles. The summed E-state index contributed by atoms with van der Waals surface area (Å²) >= 11 is 0. The molecule has 0 aliphatic rings. The van der Waals surface area contributed by atoms with Gasteiger partial charge in [-0.25, -0.2) is 9.97 Å². The van der Waals surface area contributed by atoms with Crippen LogP contribution in [0, 0.1) is 17.2 Å². The van der Waals surface area contributed by atoms with Crippen LogP contribution < -0.4 is 10.5 Å². The van der Waals surface area contributed by atoms with Crippen molar-refractivity contribution in [1.29, 1.82) is 5.26 Å². The minimum atomic E-state index is -0.286. The quantitative estimate of drug-likeness (QED) is 0.757. The first-order chi connectivity index (χ1) is 12.5. The fourth-order valence-electron chi connectivity index (χ4n) is 2.96. The van der Waals surface area contributed by atoms with Gasteiger partial charge in [0, 0.05) is 17.1 Å². The van der Waals surface area contributed by atoms with Gasteiger partial charge in [-0.15, -0.1) is 0 Å². The molecule has 26 heavy (non-hydrogen) atoms. The second-order valence-electron chi connectivity index (χ2n) is 6.59. The Morgan fingerprint density at radius 3 is 2.73 bits per heavy atom. The highest BCUT2D eigenvalue weighted by atomic mass is 16.5. The molecule has 0 bridgehead atoms. The highest BCUT2D eigenvalue weighted by Crippen LogP contribution is 2.31. The summed E-state index contributed by atoms with van der Waals surface area (Å²) in [5, 5.41) is 10.3. The van der Waals surface area contributed by atoms with Crippen LogP contribution in [0.25, 0.3) is 22.0 Å². The van der Waals surface area contributed by atoms with Crippen LogP contribution >= 0.6 is 0 Å². The summed E-state index contributed by atoms with van der Waals surface area (Å²) in [6.45, 7) is 4.20. The van der Waals surface area contributed by atoms with Gasteiger partial charge in [-0.2, -0.15) is 5.26 Å². The fraction of sp³-hybridized carbons (Fsp3) is 0.300. The number of hydrogen-bond donors (Lipinski definition) is 1. The zero-order valence-corrected chi connectivity index (χ0v) is 15.1. The summed E-state index contributed by atoms with van der Waals surface area (Å²) < 4.78 is 5.38. The maximum absolute atomic E-state index is 9.57. The normalized spacial score (nSPS) is 12.2. The predicted octanol–water partition coefficient (Wildman–Crippen LogP) is 3.62. The molecule has 3 aromatic rings. The molecule has 0 aliphatic carbocycles. The molecule has 2 N–H and O–H groups in total. The Bertz CT molecular complexity index is 978. The number of methoxy groups -OCH3 is 1. The Labute approximate surface area is 152 Å². The third kappa shape index (κ3) is 3.48. The van der Waals surface area contributed by atoms with E-state index in [1.54, 1.807) is 19.5 Å². The van der Waals surface area contributed by atoms with Crippen molar-refractivity contribution in [3.8, 4) is 22.9 Å². The molecular formula is C20H21N5O. The molecule has 0 saturated carbocycles. The summed E-state index contributed by atoms with van der Waals surface area (Å²) in [6, 6.07) is 9.51. The SMILES string of the molecule is COc1cnccc1-c1ccc2nc(C(N)CC(C)C)nc(C#N)c2c1. The van der Waals surface area contributed by atoms with E-state index < -0.39 is 0 Å². The molecule has 1 atom stereocenters. The Morgan fingerprint density at radius 2 is 2.04 bits per heavy atom. The van der Waals surface area contributed by atoms with Gasteiger partial charge in [0.25, 0.3) is 0 Å². The van der Waals surface area contributed by atoms with Gasteiger partial charge in [0.05, 0.1) is 24.9 Å². The molecule has 0 spiro atoms. The zero-order chi connectivity index (χ0) is 18.7. The first kappa shape index (κ1) is 17.8. The largest absolute Gasteiger partial charge is 0.494 e. The molecule has 2 aromatic heterocycles. The Hall–Kier alpha value is -3.04. The van der Waals surface area contributed by atoms with Gasteiger partial charge in [0.1, 0.15) is 17.6 Å². The standard InChI is InChI=1S/C20H21N5O/c1-12(2)8-16(22)20-24-17-5-4-13(9-15(17)18(10-21)25-20)14-6-7-23-11-19(14)26-3/h4-7,9,11-12,16H,8,22H2,1-3H3. The van der Waals surface area contributed by atoms with Crippen molar-refractivity contribution in [2.75, 3.05) is 7.11 Å². The van der Waals surface area contributed by atoms with Crippen LogP contribution in [0.3, 0.4) is 0 Å². The molecule has 0 saturated heterocycles. The minimum absolute atomic E-state index is 0.286. The van der Waals surface area contributed by atoms with E-state index in [4.69, 9.17) is 10.5 Å². The molecule has 0 fully saturated rings. The number of rotatable bonds is 5. The lowest BCUT2D eigenvalue weighted by Crippen LogP contribution is -2.17. The first-order valence-corrected chi connectivity index (χ1v) is 8.49. The minimum Gasteiger partial charge on any atom is -0.494 e. The van der Waals surface area contributed by atoms with Gasteiger partial charge in [0.15, 0.2) is 5.69 Å². The Kier molecular flexibility index (Phi) is 5.10. The average molecular weight is 347 g/mol. The predicted molar refractivity (Wildman–Crippen MR) is 100 cm³/mol. The molecule has 1 aromatic carbocycles. The van der Waals surface area contributed by atoms with Crippen molar-refractivity contribution >= 4 is 10.9 Å². The van der Waals surface area contributed by atoms with Gasteiger partial charge in [-0.1, -0.05) is 19.9 Å². The smallest absolute Gasteiger partial charge is 0.152 e. The monoisotopic (exact) mass is 347 g/mol. The molecule has 2 heterocycles. The van der Waals surface area contributed by atoms with E-state index in [-0.39, 0.29) is 6.04 Å². The number of nitrogens with two attached hydrogens (primary N) is 1. The average Bonchev–Trinajstić information content (AvgIpc) is 2.66. The first-order valence-electron chi connectivity index (χ1n) is 8.49. The number of nitrogens with zero attached hydrogens (tertiary/aromatic N) is 4. The molecule has 0 amide bonds. The number of hydrogen-bond acceptors (Lipinski definition) is 6. The highest BCUT2D eigenvalue weighted by molar-refractivity contribution is 5.88. The second-order valence-corrected chi connectivity index (χ2v) is 6.59. The lowest BCUT2D eigenvalue weighted by atomic mass is 10.0. The zero-order valence-electron chi connectivity index (χ0n) is 15.1. The van der Waals surface area contributed by atoms with E-state index in [0.717, 1.165) is 17.5 Å². The van der Waals surface area contributed by atoms with E-state index in [0.29, 0.717) is 34.1 Å². The van der Waals surface area contributed by atoms with Gasteiger partial charge >= 0.3 is 0 Å². The number of nitriles is 1. The van der Waals surface area contributed by atoms with Crippen LogP contribution in [0.4, 0.5) is 0 Å². The summed E-state index contributed by atoms with van der Waals surface area (Å²) in [5.41, 5.74) is 9.06. The van der Waals surface area contributed by atoms with Gasteiger partial charge in [-0.3, -0.25) is 4.98 Å². The van der Waals surface area contributed by atoms with E-state index in [2.05, 4.69) is 34.9 Å². The summed E-state index contributed by atoms with van der Waals surface area (Å²) in [6.07, 6.45) is 4.13. The van der Waals surface area contributed by atoms with Gasteiger partial charge in [-0.05, 0) is 36.1 Å². The Balaban J connectivity index is 2.12. The molecule has 1 unspecified atom stereocenters. The fourth-order valence-corrected chi connectivity index (χ4v) is 2.96. The third-order valence-electron chi connectivity index (χ3n) is 4.19. The lowest BCUT2D eigenvalue weighted by molar-refractivity contribution is 0.414. The van der Waals surface area contributed by atoms with Crippen molar-refractivity contribution < 1.29 is 4.74 Å². The molecule has 6 nitrogen and oxygen atoms in total. The van der Waals surface area contributed by atoms with Crippen LogP contribution in [0.2, 0.25) is 0 Å². The van der Waals surface area contributed by atoms with Crippen LogP contribution in [0.1, 0.15) is 37.8 Å². The summed E-state index contributed by atoms with van der Waals surface area (Å²) in [7, 11) is 1.60. The van der Waals surface area contributed by atoms with E-state index in [1.807, 2.05) is 24.3 Å². The number of pyridine rings is 1. The number of fused-ring (bicyclic) bond motifs is 1. The second kappa shape index (κ2) is 7.46. The lowest BCUT2D eigenvalue weighted by Gasteiger charge is -2.14. The number of ether oxygens (including phenoxy) is 1. The van der Waals surface area contributed by atoms with Gasteiger partial charge in [0.2, 0.25) is 0 Å². The highest BCUT2D eigenvalue weighted by Gasteiger charge is 2.16. The molecule has 132 valence electrons. The summed E-state index contributed by atoms with van der Waals surface area (Å²) in [5.74, 6) is 1.61. The molecule has 3 rings (SSSR count). The van der Waals surface area contributed by atoms with Crippen LogP contribution in [0.5, 0.6) is 5.75 Å². The van der Waals surface area contributed by atoms with Crippen molar-refractivity contribution in [2.45, 2.75) is 26.3 Å².